The predicted molar refractivity (Wildman–Crippen MR) is 111 cm³/mol. The fraction of sp³-hybridized carbons (Fsp3) is 0.556. The largest absolute Gasteiger partial charge is 0.391 e. The molecule has 1 aliphatic rings. The van der Waals surface area contributed by atoms with Crippen LogP contribution in [0.25, 0.3) is 0 Å². The molecular formula is C18H29IN4O2. The lowest BCUT2D eigenvalue weighted by molar-refractivity contribution is -0.130. The normalized spacial score (nSPS) is 17.2. The molecule has 1 heterocycles. The number of nitrogens with one attached hydrogen (secondary N) is 1. The lowest BCUT2D eigenvalue weighted by Crippen LogP contribution is -2.41. The van der Waals surface area contributed by atoms with Gasteiger partial charge in [-0.1, -0.05) is 30.3 Å². The highest BCUT2D eigenvalue weighted by molar-refractivity contribution is 14.0. The van der Waals surface area contributed by atoms with Crippen LogP contribution in [0.1, 0.15) is 25.8 Å². The summed E-state index contributed by atoms with van der Waals surface area (Å²) < 4.78 is 0. The number of amides is 1. The maximum Gasteiger partial charge on any atom is 0.244 e. The Morgan fingerprint density at radius 2 is 2.08 bits per heavy atom. The lowest BCUT2D eigenvalue weighted by atomic mass is 10.2. The number of benzene rings is 1. The fourth-order valence-electron chi connectivity index (χ4n) is 2.78. The third-order valence-corrected chi connectivity index (χ3v) is 4.11. The molecule has 1 aliphatic heterocycles. The van der Waals surface area contributed by atoms with E-state index in [2.05, 4.69) is 10.3 Å². The summed E-state index contributed by atoms with van der Waals surface area (Å²) in [6.07, 6.45) is 0.433. The van der Waals surface area contributed by atoms with Gasteiger partial charge in [0, 0.05) is 32.7 Å². The van der Waals surface area contributed by atoms with Crippen LogP contribution in [-0.4, -0.2) is 65.6 Å². The summed E-state index contributed by atoms with van der Waals surface area (Å²) in [5.41, 5.74) is 1.12. The molecule has 1 aromatic rings. The van der Waals surface area contributed by atoms with E-state index in [0.29, 0.717) is 25.6 Å². The minimum atomic E-state index is -0.310. The smallest absolute Gasteiger partial charge is 0.244 e. The third-order valence-electron chi connectivity index (χ3n) is 4.11. The van der Waals surface area contributed by atoms with Gasteiger partial charge < -0.3 is 20.2 Å². The number of likely N-dealkylation sites (tertiary alicyclic amines) is 1. The molecule has 140 valence electrons. The summed E-state index contributed by atoms with van der Waals surface area (Å²) in [6.45, 7) is 7.43. The lowest BCUT2D eigenvalue weighted by Gasteiger charge is -2.23. The zero-order chi connectivity index (χ0) is 17.4. The van der Waals surface area contributed by atoms with Gasteiger partial charge in [0.15, 0.2) is 5.96 Å². The first kappa shape index (κ1) is 21.7. The Hall–Kier alpha value is -1.35. The standard InChI is InChI=1S/C18H28N4O2.HI/c1-3-19-18(22-11-10-16(23)14-22)20-12-17(24)21(4-2)13-15-8-6-5-7-9-15;/h5-9,16,23H,3-4,10-14H2,1-2H3,(H,19,20);1H/t16-;/m1./s1. The number of carbonyl (C=O) groups is 1. The van der Waals surface area contributed by atoms with Crippen molar-refractivity contribution < 1.29 is 9.90 Å². The summed E-state index contributed by atoms with van der Waals surface area (Å²) >= 11 is 0. The number of hydrogen-bond acceptors (Lipinski definition) is 3. The first-order valence-electron chi connectivity index (χ1n) is 8.67. The molecule has 0 spiro atoms. The highest BCUT2D eigenvalue weighted by Gasteiger charge is 2.23. The molecule has 1 fully saturated rings. The average Bonchev–Trinajstić information content (AvgIpc) is 3.03. The third kappa shape index (κ3) is 6.81. The Kier molecular flexibility index (Phi) is 9.81. The van der Waals surface area contributed by atoms with E-state index in [1.807, 2.05) is 49.1 Å². The van der Waals surface area contributed by atoms with Crippen LogP contribution in [0.4, 0.5) is 0 Å². The zero-order valence-corrected chi connectivity index (χ0v) is 17.3. The Labute approximate surface area is 167 Å². The van der Waals surface area contributed by atoms with E-state index in [-0.39, 0.29) is 42.5 Å². The Balaban J connectivity index is 0.00000312. The van der Waals surface area contributed by atoms with Crippen molar-refractivity contribution in [1.82, 2.24) is 15.1 Å². The van der Waals surface area contributed by atoms with E-state index >= 15 is 0 Å². The monoisotopic (exact) mass is 460 g/mol. The van der Waals surface area contributed by atoms with Crippen LogP contribution in [0.15, 0.2) is 35.3 Å². The topological polar surface area (TPSA) is 68.2 Å². The number of nitrogens with zero attached hydrogens (tertiary/aromatic N) is 3. The molecule has 25 heavy (non-hydrogen) atoms. The average molecular weight is 460 g/mol. The van der Waals surface area contributed by atoms with Gasteiger partial charge in [0.1, 0.15) is 6.54 Å². The van der Waals surface area contributed by atoms with E-state index in [1.54, 1.807) is 4.90 Å². The van der Waals surface area contributed by atoms with Crippen molar-refractivity contribution in [3.63, 3.8) is 0 Å². The maximum atomic E-state index is 12.5. The van der Waals surface area contributed by atoms with Gasteiger partial charge >= 0.3 is 0 Å². The molecule has 0 saturated carbocycles. The summed E-state index contributed by atoms with van der Waals surface area (Å²) in [7, 11) is 0. The molecule has 0 aromatic heterocycles. The highest BCUT2D eigenvalue weighted by Crippen LogP contribution is 2.09. The van der Waals surface area contributed by atoms with Crippen molar-refractivity contribution >= 4 is 35.8 Å². The predicted octanol–water partition coefficient (Wildman–Crippen LogP) is 1.69. The first-order chi connectivity index (χ1) is 11.6. The van der Waals surface area contributed by atoms with Gasteiger partial charge in [-0.3, -0.25) is 4.79 Å². The van der Waals surface area contributed by atoms with Gasteiger partial charge in [0.2, 0.25) is 5.91 Å². The molecule has 0 radical (unpaired) electrons. The molecule has 7 heteroatoms. The molecule has 0 unspecified atom stereocenters. The second kappa shape index (κ2) is 11.3. The number of β-amino-alcohol motifs (C(OH)–C–C–N with tert-alkyl or cyclic N) is 1. The van der Waals surface area contributed by atoms with Crippen LogP contribution in [0.5, 0.6) is 0 Å². The van der Waals surface area contributed by atoms with E-state index in [0.717, 1.165) is 25.1 Å². The van der Waals surface area contributed by atoms with Crippen LogP contribution >= 0.6 is 24.0 Å². The summed E-state index contributed by atoms with van der Waals surface area (Å²) in [4.78, 5) is 20.8. The van der Waals surface area contributed by atoms with Crippen LogP contribution < -0.4 is 5.32 Å². The molecule has 0 aliphatic carbocycles. The number of hydrogen-bond donors (Lipinski definition) is 2. The molecule has 0 bridgehead atoms. The Morgan fingerprint density at radius 3 is 2.64 bits per heavy atom. The number of halogens is 1. The van der Waals surface area contributed by atoms with E-state index < -0.39 is 0 Å². The number of aliphatic imine (C=N–C) groups is 1. The van der Waals surface area contributed by atoms with Gasteiger partial charge in [-0.2, -0.15) is 0 Å². The van der Waals surface area contributed by atoms with Crippen molar-refractivity contribution in [3.05, 3.63) is 35.9 Å². The number of likely N-dealkylation sites (N-methyl/N-ethyl adjacent to an activating group) is 1. The highest BCUT2D eigenvalue weighted by atomic mass is 127. The first-order valence-corrected chi connectivity index (χ1v) is 8.67. The SMILES string of the molecule is CCNC(=NCC(=O)N(CC)Cc1ccccc1)N1CC[C@@H](O)C1.I. The van der Waals surface area contributed by atoms with Crippen molar-refractivity contribution in [2.75, 3.05) is 32.7 Å². The summed E-state index contributed by atoms with van der Waals surface area (Å²) in [5, 5.41) is 12.9. The van der Waals surface area contributed by atoms with Crippen molar-refractivity contribution in [2.45, 2.75) is 32.9 Å². The number of aliphatic hydroxyl groups is 1. The van der Waals surface area contributed by atoms with Gasteiger partial charge in [-0.05, 0) is 25.8 Å². The molecule has 2 N–H and O–H groups in total. The van der Waals surface area contributed by atoms with Gasteiger partial charge in [0.05, 0.1) is 6.10 Å². The fourth-order valence-corrected chi connectivity index (χ4v) is 2.78. The van der Waals surface area contributed by atoms with Crippen molar-refractivity contribution in [1.29, 1.82) is 0 Å². The Morgan fingerprint density at radius 1 is 1.36 bits per heavy atom. The van der Waals surface area contributed by atoms with Gasteiger partial charge in [0.25, 0.3) is 0 Å². The summed E-state index contributed by atoms with van der Waals surface area (Å²) in [5.74, 6) is 0.717. The van der Waals surface area contributed by atoms with Crippen LogP contribution in [-0.2, 0) is 11.3 Å². The minimum Gasteiger partial charge on any atom is -0.391 e. The number of carbonyl (C=O) groups excluding carboxylic acids is 1. The van der Waals surface area contributed by atoms with Gasteiger partial charge in [-0.25, -0.2) is 4.99 Å². The molecule has 1 saturated heterocycles. The van der Waals surface area contributed by atoms with E-state index in [4.69, 9.17) is 0 Å². The molecule has 1 atom stereocenters. The molecular weight excluding hydrogens is 431 g/mol. The second-order valence-electron chi connectivity index (χ2n) is 5.95. The molecule has 2 rings (SSSR count). The molecule has 6 nitrogen and oxygen atoms in total. The van der Waals surface area contributed by atoms with E-state index in [9.17, 15) is 9.90 Å². The number of rotatable bonds is 6. The number of guanidine groups is 1. The molecule has 1 aromatic carbocycles. The maximum absolute atomic E-state index is 12.5. The van der Waals surface area contributed by atoms with Crippen LogP contribution in [0, 0.1) is 0 Å². The van der Waals surface area contributed by atoms with Crippen molar-refractivity contribution in [2.24, 2.45) is 4.99 Å². The molecule has 1 amide bonds. The van der Waals surface area contributed by atoms with Crippen LogP contribution in [0.2, 0.25) is 0 Å². The van der Waals surface area contributed by atoms with Crippen LogP contribution in [0.3, 0.4) is 0 Å². The zero-order valence-electron chi connectivity index (χ0n) is 15.0. The Bertz CT molecular complexity index is 553. The minimum absolute atomic E-state index is 0. The number of aliphatic hydroxyl groups excluding tert-OH is 1. The van der Waals surface area contributed by atoms with E-state index in [1.165, 1.54) is 0 Å². The van der Waals surface area contributed by atoms with Crippen molar-refractivity contribution in [3.8, 4) is 0 Å². The second-order valence-corrected chi connectivity index (χ2v) is 5.95. The quantitative estimate of drug-likeness (QED) is 0.385. The van der Waals surface area contributed by atoms with Gasteiger partial charge in [-0.15, -0.1) is 24.0 Å². The summed E-state index contributed by atoms with van der Waals surface area (Å²) in [6, 6.07) is 9.98.